The molecule has 0 saturated carbocycles. The lowest BCUT2D eigenvalue weighted by molar-refractivity contribution is -0.117. The minimum atomic E-state index is -0.367. The van der Waals surface area contributed by atoms with E-state index in [4.69, 9.17) is 9.15 Å². The number of nitrogens with zero attached hydrogens (tertiary/aromatic N) is 3. The molecular weight excluding hydrogens is 404 g/mol. The lowest BCUT2D eigenvalue weighted by atomic mass is 9.79. The Balaban J connectivity index is 1.40. The Hall–Kier alpha value is -4.13. The van der Waals surface area contributed by atoms with Crippen molar-refractivity contribution in [1.82, 2.24) is 14.8 Å². The summed E-state index contributed by atoms with van der Waals surface area (Å²) in [6.07, 6.45) is 4.23. The number of ether oxygens (including phenoxy) is 1. The summed E-state index contributed by atoms with van der Waals surface area (Å²) in [5, 5.41) is 7.75. The number of aromatic nitrogens is 3. The number of anilines is 1. The van der Waals surface area contributed by atoms with Crippen molar-refractivity contribution in [2.45, 2.75) is 24.8 Å². The highest BCUT2D eigenvalue weighted by molar-refractivity contribution is 6.00. The summed E-state index contributed by atoms with van der Waals surface area (Å²) < 4.78 is 13.4. The molecule has 0 radical (unpaired) electrons. The largest absolute Gasteiger partial charge is 0.469 e. The number of furan rings is 1. The first-order valence-electron chi connectivity index (χ1n) is 10.6. The molecule has 7 heteroatoms. The summed E-state index contributed by atoms with van der Waals surface area (Å²) in [7, 11) is 0. The van der Waals surface area contributed by atoms with Gasteiger partial charge in [-0.25, -0.2) is 4.68 Å². The Labute approximate surface area is 184 Å². The number of fused-ring (bicyclic) bond motifs is 1. The average molecular weight is 424 g/mol. The van der Waals surface area contributed by atoms with Crippen LogP contribution in [0.2, 0.25) is 0 Å². The maximum absolute atomic E-state index is 13.4. The average Bonchev–Trinajstić information content (AvgIpc) is 3.51. The molecule has 2 atom stereocenters. The maximum atomic E-state index is 13.4. The van der Waals surface area contributed by atoms with Gasteiger partial charge in [0.1, 0.15) is 29.6 Å². The molecule has 158 valence electrons. The molecule has 3 heterocycles. The maximum Gasteiger partial charge on any atom is 0.226 e. The van der Waals surface area contributed by atoms with Crippen molar-refractivity contribution in [2.24, 2.45) is 0 Å². The van der Waals surface area contributed by atoms with Gasteiger partial charge in [-0.2, -0.15) is 10.1 Å². The van der Waals surface area contributed by atoms with Gasteiger partial charge in [0.05, 0.1) is 6.26 Å². The van der Waals surface area contributed by atoms with E-state index in [0.717, 1.165) is 28.3 Å². The number of rotatable bonds is 4. The quantitative estimate of drug-likeness (QED) is 0.492. The number of allylic oxidation sites excluding steroid dienone is 2. The highest BCUT2D eigenvalue weighted by Crippen LogP contribution is 2.44. The van der Waals surface area contributed by atoms with Gasteiger partial charge in [0.15, 0.2) is 5.78 Å². The van der Waals surface area contributed by atoms with E-state index < -0.39 is 0 Å². The molecule has 0 unspecified atom stereocenters. The number of para-hydroxylation sites is 1. The van der Waals surface area contributed by atoms with E-state index in [-0.39, 0.29) is 17.7 Å². The first-order chi connectivity index (χ1) is 15.8. The van der Waals surface area contributed by atoms with Crippen molar-refractivity contribution >= 4 is 11.7 Å². The number of benzene rings is 2. The topological polar surface area (TPSA) is 82.2 Å². The van der Waals surface area contributed by atoms with E-state index in [9.17, 15) is 4.79 Å². The highest BCUT2D eigenvalue weighted by atomic mass is 16.5. The van der Waals surface area contributed by atoms with Crippen LogP contribution in [0.4, 0.5) is 5.95 Å². The lowest BCUT2D eigenvalue weighted by Crippen LogP contribution is -2.33. The Kier molecular flexibility index (Phi) is 4.38. The van der Waals surface area contributed by atoms with Gasteiger partial charge in [0, 0.05) is 23.6 Å². The van der Waals surface area contributed by atoms with Gasteiger partial charge in [-0.05, 0) is 48.4 Å². The standard InChI is InChI=1S/C25H20N4O3/c30-21-14-17(22-10-5-11-31-22)13-20-23(21)24(29-25(28-20)26-15-27-29)16-6-4-9-19(12-16)32-18-7-2-1-3-8-18/h1-12,15,17,24H,13-14H2,(H,26,27,28)/t17-,24-/m0/s1. The third-order valence-electron chi connectivity index (χ3n) is 5.96. The van der Waals surface area contributed by atoms with Crippen molar-refractivity contribution in [3.63, 3.8) is 0 Å². The van der Waals surface area contributed by atoms with Crippen molar-refractivity contribution < 1.29 is 13.9 Å². The zero-order chi connectivity index (χ0) is 21.5. The number of carbonyl (C=O) groups is 1. The van der Waals surface area contributed by atoms with Crippen LogP contribution in [-0.4, -0.2) is 20.5 Å². The molecule has 1 aliphatic carbocycles. The molecule has 32 heavy (non-hydrogen) atoms. The number of Topliss-reactive ketones (excluding diaryl/α,β-unsaturated/α-hetero) is 1. The molecule has 1 N–H and O–H groups in total. The summed E-state index contributed by atoms with van der Waals surface area (Å²) in [6, 6.07) is 20.8. The van der Waals surface area contributed by atoms with Gasteiger partial charge < -0.3 is 14.5 Å². The molecule has 2 aliphatic rings. The molecule has 2 aromatic carbocycles. The molecule has 0 bridgehead atoms. The minimum absolute atomic E-state index is 0.00613. The predicted molar refractivity (Wildman–Crippen MR) is 117 cm³/mol. The van der Waals surface area contributed by atoms with E-state index in [0.29, 0.717) is 24.5 Å². The number of hydrogen-bond donors (Lipinski definition) is 1. The van der Waals surface area contributed by atoms with Crippen molar-refractivity contribution in [2.75, 3.05) is 5.32 Å². The molecular formula is C25H20N4O3. The number of carbonyl (C=O) groups excluding carboxylic acids is 1. The van der Waals surface area contributed by atoms with Crippen LogP contribution in [0, 0.1) is 0 Å². The molecule has 0 amide bonds. The van der Waals surface area contributed by atoms with Crippen molar-refractivity contribution in [1.29, 1.82) is 0 Å². The van der Waals surface area contributed by atoms with Gasteiger partial charge in [0.2, 0.25) is 5.95 Å². The van der Waals surface area contributed by atoms with Crippen LogP contribution in [0.3, 0.4) is 0 Å². The van der Waals surface area contributed by atoms with Crippen molar-refractivity contribution in [3.05, 3.63) is 102 Å². The fourth-order valence-electron chi connectivity index (χ4n) is 4.56. The molecule has 0 fully saturated rings. The first kappa shape index (κ1) is 18.6. The third kappa shape index (κ3) is 3.19. The van der Waals surface area contributed by atoms with Crippen molar-refractivity contribution in [3.8, 4) is 11.5 Å². The van der Waals surface area contributed by atoms with Crippen LogP contribution in [0.25, 0.3) is 0 Å². The lowest BCUT2D eigenvalue weighted by Gasteiger charge is -2.34. The molecule has 7 nitrogen and oxygen atoms in total. The van der Waals surface area contributed by atoms with Gasteiger partial charge in [-0.15, -0.1) is 0 Å². The van der Waals surface area contributed by atoms with Crippen LogP contribution in [0.1, 0.15) is 36.1 Å². The van der Waals surface area contributed by atoms with E-state index >= 15 is 0 Å². The van der Waals surface area contributed by atoms with Gasteiger partial charge in [-0.1, -0.05) is 30.3 Å². The Morgan fingerprint density at radius 3 is 2.72 bits per heavy atom. The zero-order valence-corrected chi connectivity index (χ0v) is 17.1. The normalized spacial score (nSPS) is 19.8. The predicted octanol–water partition coefficient (Wildman–Crippen LogP) is 5.08. The van der Waals surface area contributed by atoms with Gasteiger partial charge >= 0.3 is 0 Å². The minimum Gasteiger partial charge on any atom is -0.469 e. The van der Waals surface area contributed by atoms with Gasteiger partial charge in [0.25, 0.3) is 0 Å². The SMILES string of the molecule is O=C1C[C@@H](c2ccco2)CC2=C1[C@H](c1cccc(Oc3ccccc3)c1)n1ncnc1N2. The van der Waals surface area contributed by atoms with Crippen LogP contribution in [-0.2, 0) is 4.79 Å². The smallest absolute Gasteiger partial charge is 0.226 e. The summed E-state index contributed by atoms with van der Waals surface area (Å²) in [5.74, 6) is 3.00. The van der Waals surface area contributed by atoms with Crippen LogP contribution < -0.4 is 10.1 Å². The molecule has 2 aromatic heterocycles. The number of ketones is 1. The fourth-order valence-corrected chi connectivity index (χ4v) is 4.56. The molecule has 0 spiro atoms. The van der Waals surface area contributed by atoms with E-state index in [1.54, 1.807) is 10.9 Å². The van der Waals surface area contributed by atoms with Gasteiger partial charge in [-0.3, -0.25) is 4.79 Å². The Morgan fingerprint density at radius 1 is 1.00 bits per heavy atom. The number of hydrogen-bond acceptors (Lipinski definition) is 6. The first-order valence-corrected chi connectivity index (χ1v) is 10.6. The van der Waals surface area contributed by atoms with E-state index in [1.807, 2.05) is 66.7 Å². The summed E-state index contributed by atoms with van der Waals surface area (Å²) in [4.78, 5) is 17.8. The van der Waals surface area contributed by atoms with Crippen LogP contribution in [0.15, 0.2) is 95.0 Å². The second-order valence-corrected chi connectivity index (χ2v) is 7.98. The molecule has 6 rings (SSSR count). The second kappa shape index (κ2) is 7.53. The molecule has 0 saturated heterocycles. The van der Waals surface area contributed by atoms with E-state index in [2.05, 4.69) is 15.4 Å². The molecule has 1 aliphatic heterocycles. The monoisotopic (exact) mass is 424 g/mol. The number of nitrogens with one attached hydrogen (secondary N) is 1. The van der Waals surface area contributed by atoms with Crippen LogP contribution in [0.5, 0.6) is 11.5 Å². The Bertz CT molecular complexity index is 1310. The summed E-state index contributed by atoms with van der Waals surface area (Å²) in [5.41, 5.74) is 2.52. The third-order valence-corrected chi connectivity index (χ3v) is 5.96. The Morgan fingerprint density at radius 2 is 1.88 bits per heavy atom. The second-order valence-electron chi connectivity index (χ2n) is 7.98. The molecule has 4 aromatic rings. The van der Waals surface area contributed by atoms with E-state index in [1.165, 1.54) is 6.33 Å². The highest BCUT2D eigenvalue weighted by Gasteiger charge is 2.40. The summed E-state index contributed by atoms with van der Waals surface area (Å²) >= 11 is 0. The van der Waals surface area contributed by atoms with Crippen LogP contribution >= 0.6 is 0 Å². The fraction of sp³-hybridized carbons (Fsp3) is 0.160. The summed E-state index contributed by atoms with van der Waals surface area (Å²) in [6.45, 7) is 0. The zero-order valence-electron chi connectivity index (χ0n) is 17.1.